The average molecular weight is 767 g/mol. The highest BCUT2D eigenvalue weighted by molar-refractivity contribution is 7.46. The first-order chi connectivity index (χ1) is 25.5. The number of hydrogen-bond donors (Lipinski definition) is 2. The van der Waals surface area contributed by atoms with E-state index in [1.54, 1.807) is 6.08 Å². The van der Waals surface area contributed by atoms with E-state index in [0.717, 1.165) is 44.4 Å². The van der Waals surface area contributed by atoms with Crippen LogP contribution in [0.25, 0.3) is 0 Å². The smallest absolute Gasteiger partial charge is 0.462 e. The van der Waals surface area contributed by atoms with Gasteiger partial charge in [0.15, 0.2) is 11.9 Å². The minimum atomic E-state index is -4.82. The molecule has 2 N–H and O–H groups in total. The molecule has 0 bridgehead atoms. The number of carbonyl (C=O) groups is 3. The first kappa shape index (κ1) is 50.7. The molecule has 0 spiro atoms. The zero-order valence-corrected chi connectivity index (χ0v) is 34.5. The summed E-state index contributed by atoms with van der Waals surface area (Å²) in [5.41, 5.74) is 0. The number of esters is 2. The summed E-state index contributed by atoms with van der Waals surface area (Å²) < 4.78 is 26.2. The monoisotopic (exact) mass is 767 g/mol. The van der Waals surface area contributed by atoms with Crippen molar-refractivity contribution >= 4 is 25.5 Å². The summed E-state index contributed by atoms with van der Waals surface area (Å²) in [5.74, 6) is -0.449. The molecule has 0 heterocycles. The molecule has 0 aliphatic rings. The number of phosphoric acid groups is 1. The molecule has 0 aliphatic carbocycles. The summed E-state index contributed by atoms with van der Waals surface area (Å²) in [4.78, 5) is 54.9. The Balaban J connectivity index is 4.11. The summed E-state index contributed by atoms with van der Waals surface area (Å²) in [6.07, 6.45) is 39.8. The maximum atomic E-state index is 12.4. The third-order valence-electron chi connectivity index (χ3n) is 8.75. The second-order valence-corrected chi connectivity index (χ2v) is 15.7. The van der Waals surface area contributed by atoms with Crippen LogP contribution in [0.1, 0.15) is 181 Å². The van der Waals surface area contributed by atoms with Crippen LogP contribution >= 0.6 is 7.82 Å². The standard InChI is InChI=1S/C43H75O9P/c1-4-5-6-7-8-9-10-13-17-20-23-26-29-33-40(44)34-31-36-43(46)52-41(38-51-53(47,48)49)37-50-42(45)35-30-27-24-21-18-15-12-11-14-16-19-22-25-28-32-39(2)3/h8-9,13,17,23,26,29,33,39,41H,4-7,10-12,14-16,18-22,24-25,27-28,30-32,34-38H2,1-3H3,(H2,47,48,49)/b9-8-,17-13-,26-23-,33-29+/t41-/m1/s1. The number of phosphoric ester groups is 1. The summed E-state index contributed by atoms with van der Waals surface area (Å²) in [7, 11) is -4.82. The maximum Gasteiger partial charge on any atom is 0.469 e. The van der Waals surface area contributed by atoms with Gasteiger partial charge in [0.2, 0.25) is 0 Å². The molecule has 0 rings (SSSR count). The van der Waals surface area contributed by atoms with Crippen LogP contribution in [0, 0.1) is 5.92 Å². The number of hydrogen-bond acceptors (Lipinski definition) is 7. The zero-order chi connectivity index (χ0) is 39.3. The van der Waals surface area contributed by atoms with Crippen molar-refractivity contribution in [1.29, 1.82) is 0 Å². The lowest BCUT2D eigenvalue weighted by atomic mass is 10.0. The molecule has 0 aromatic heterocycles. The number of carbonyl (C=O) groups excluding carboxylic acids is 3. The lowest BCUT2D eigenvalue weighted by Gasteiger charge is -2.18. The largest absolute Gasteiger partial charge is 0.469 e. The third-order valence-corrected chi connectivity index (χ3v) is 9.24. The summed E-state index contributed by atoms with van der Waals surface area (Å²) in [6, 6.07) is 0. The lowest BCUT2D eigenvalue weighted by Crippen LogP contribution is -2.29. The maximum absolute atomic E-state index is 12.4. The van der Waals surface area contributed by atoms with Crippen LogP contribution in [-0.2, 0) is 32.9 Å². The van der Waals surface area contributed by atoms with Crippen molar-refractivity contribution in [1.82, 2.24) is 0 Å². The second kappa shape index (κ2) is 36.6. The van der Waals surface area contributed by atoms with Crippen LogP contribution in [0.5, 0.6) is 0 Å². The van der Waals surface area contributed by atoms with Crippen LogP contribution in [0.4, 0.5) is 0 Å². The van der Waals surface area contributed by atoms with Crippen molar-refractivity contribution in [2.45, 2.75) is 187 Å². The van der Waals surface area contributed by atoms with Gasteiger partial charge in [-0.25, -0.2) is 4.57 Å². The minimum Gasteiger partial charge on any atom is -0.462 e. The Morgan fingerprint density at radius 2 is 1.15 bits per heavy atom. The first-order valence-electron chi connectivity index (χ1n) is 20.7. The fraction of sp³-hybridized carbons (Fsp3) is 0.744. The van der Waals surface area contributed by atoms with E-state index < -0.39 is 32.5 Å². The van der Waals surface area contributed by atoms with E-state index in [1.807, 2.05) is 12.2 Å². The zero-order valence-electron chi connectivity index (χ0n) is 33.6. The molecule has 0 aromatic rings. The normalized spacial score (nSPS) is 12.9. The highest BCUT2D eigenvalue weighted by Gasteiger charge is 2.23. The van der Waals surface area contributed by atoms with E-state index >= 15 is 0 Å². The van der Waals surface area contributed by atoms with Crippen molar-refractivity contribution < 1.29 is 42.7 Å². The average Bonchev–Trinajstić information content (AvgIpc) is 3.10. The van der Waals surface area contributed by atoms with Gasteiger partial charge in [-0.3, -0.25) is 18.9 Å². The SMILES string of the molecule is CCCCC/C=C\C/C=C\C/C=C\C=C\C(=O)CCCC(=O)O[C@H](COC(=O)CCCCCCCCCCCCCCCCC(C)C)COP(=O)(O)O. The topological polar surface area (TPSA) is 136 Å². The van der Waals surface area contributed by atoms with Crippen molar-refractivity contribution in [2.75, 3.05) is 13.2 Å². The molecular weight excluding hydrogens is 691 g/mol. The van der Waals surface area contributed by atoms with Gasteiger partial charge in [-0.1, -0.05) is 166 Å². The molecule has 53 heavy (non-hydrogen) atoms. The fourth-order valence-corrected chi connectivity index (χ4v) is 5.99. The van der Waals surface area contributed by atoms with Crippen molar-refractivity contribution in [3.8, 4) is 0 Å². The van der Waals surface area contributed by atoms with E-state index in [4.69, 9.17) is 19.3 Å². The number of ether oxygens (including phenoxy) is 2. The molecule has 0 radical (unpaired) electrons. The minimum absolute atomic E-state index is 0.0771. The molecule has 0 aromatic carbocycles. The molecule has 10 heteroatoms. The second-order valence-electron chi connectivity index (χ2n) is 14.5. The van der Waals surface area contributed by atoms with Gasteiger partial charge in [0.25, 0.3) is 0 Å². The molecule has 9 nitrogen and oxygen atoms in total. The van der Waals surface area contributed by atoms with Crippen molar-refractivity contribution in [2.24, 2.45) is 5.92 Å². The van der Waals surface area contributed by atoms with E-state index in [0.29, 0.717) is 6.42 Å². The van der Waals surface area contributed by atoms with Gasteiger partial charge in [0.1, 0.15) is 6.61 Å². The Morgan fingerprint density at radius 3 is 1.74 bits per heavy atom. The van der Waals surface area contributed by atoms with E-state index in [-0.39, 0.29) is 38.1 Å². The summed E-state index contributed by atoms with van der Waals surface area (Å²) >= 11 is 0. The predicted octanol–water partition coefficient (Wildman–Crippen LogP) is 11.8. The lowest BCUT2D eigenvalue weighted by molar-refractivity contribution is -0.161. The predicted molar refractivity (Wildman–Crippen MR) is 216 cm³/mol. The number of ketones is 1. The molecular formula is C43H75O9P. The van der Waals surface area contributed by atoms with Crippen molar-refractivity contribution in [3.63, 3.8) is 0 Å². The molecule has 306 valence electrons. The van der Waals surface area contributed by atoms with Crippen LogP contribution in [0.2, 0.25) is 0 Å². The molecule has 1 atom stereocenters. The molecule has 0 amide bonds. The van der Waals surface area contributed by atoms with Gasteiger partial charge < -0.3 is 19.3 Å². The van der Waals surface area contributed by atoms with Gasteiger partial charge in [-0.2, -0.15) is 0 Å². The van der Waals surface area contributed by atoms with Crippen LogP contribution < -0.4 is 0 Å². The molecule has 0 unspecified atom stereocenters. The Kier molecular flexibility index (Phi) is 35.0. The molecule has 0 saturated carbocycles. The van der Waals surface area contributed by atoms with Crippen LogP contribution in [-0.4, -0.2) is 46.8 Å². The van der Waals surface area contributed by atoms with Gasteiger partial charge in [-0.05, 0) is 50.5 Å². The van der Waals surface area contributed by atoms with E-state index in [1.165, 1.54) is 96.0 Å². The van der Waals surface area contributed by atoms with Crippen LogP contribution in [0.15, 0.2) is 48.6 Å². The van der Waals surface area contributed by atoms with E-state index in [2.05, 4.69) is 49.6 Å². The fourth-order valence-electron chi connectivity index (χ4n) is 5.63. The Morgan fingerprint density at radius 1 is 0.604 bits per heavy atom. The van der Waals surface area contributed by atoms with Gasteiger partial charge in [0, 0.05) is 19.3 Å². The summed E-state index contributed by atoms with van der Waals surface area (Å²) in [5, 5.41) is 0. The highest BCUT2D eigenvalue weighted by atomic mass is 31.2. The summed E-state index contributed by atoms with van der Waals surface area (Å²) in [6.45, 7) is 5.79. The Bertz CT molecular complexity index is 1070. The van der Waals surface area contributed by atoms with Crippen LogP contribution in [0.3, 0.4) is 0 Å². The first-order valence-corrected chi connectivity index (χ1v) is 22.3. The molecule has 0 fully saturated rings. The quantitative estimate of drug-likeness (QED) is 0.0158. The van der Waals surface area contributed by atoms with Gasteiger partial charge >= 0.3 is 19.8 Å². The van der Waals surface area contributed by atoms with Gasteiger partial charge in [0.05, 0.1) is 6.61 Å². The molecule has 0 aliphatic heterocycles. The Hall–Kier alpha value is -2.32. The van der Waals surface area contributed by atoms with E-state index in [9.17, 15) is 18.9 Å². The highest BCUT2D eigenvalue weighted by Crippen LogP contribution is 2.36. The number of allylic oxidation sites excluding steroid dienone is 8. The Labute approximate surface area is 322 Å². The number of rotatable bonds is 37. The van der Waals surface area contributed by atoms with Crippen molar-refractivity contribution in [3.05, 3.63) is 48.6 Å². The van der Waals surface area contributed by atoms with Gasteiger partial charge in [-0.15, -0.1) is 0 Å². The molecule has 0 saturated heterocycles. The number of unbranched alkanes of at least 4 members (excludes halogenated alkanes) is 16. The third kappa shape index (κ3) is 40.7.